The first-order valence-electron chi connectivity index (χ1n) is 4.27. The summed E-state index contributed by atoms with van der Waals surface area (Å²) < 4.78 is 26.8. The van der Waals surface area contributed by atoms with Crippen LogP contribution in [0.15, 0.2) is 6.07 Å². The van der Waals surface area contributed by atoms with Crippen LogP contribution in [0.25, 0.3) is 0 Å². The molecule has 14 heavy (non-hydrogen) atoms. The van der Waals surface area contributed by atoms with Gasteiger partial charge in [-0.1, -0.05) is 0 Å². The molecule has 6 heteroatoms. The first-order chi connectivity index (χ1) is 6.45. The van der Waals surface area contributed by atoms with Crippen LogP contribution in [0.4, 0.5) is 8.78 Å². The quantitative estimate of drug-likeness (QED) is 0.792. The Labute approximate surface area is 85.8 Å². The molecule has 0 amide bonds. The maximum absolute atomic E-state index is 12.6. The van der Waals surface area contributed by atoms with Gasteiger partial charge in [0.05, 0.1) is 0 Å². The molecule has 0 aliphatic heterocycles. The number of aryl methyl sites for hydroxylation is 2. The number of aromatic nitrogens is 2. The highest BCUT2D eigenvalue weighted by Gasteiger charge is 2.31. The van der Waals surface area contributed by atoms with Crippen molar-refractivity contribution in [2.75, 3.05) is 6.54 Å². The summed E-state index contributed by atoms with van der Waals surface area (Å²) in [7, 11) is 0. The van der Waals surface area contributed by atoms with Crippen LogP contribution >= 0.6 is 11.6 Å². The average Bonchev–Trinajstić information content (AvgIpc) is 2.43. The number of rotatable bonds is 4. The maximum Gasteiger partial charge on any atom is 0.366 e. The van der Waals surface area contributed by atoms with E-state index in [4.69, 9.17) is 17.3 Å². The standard InChI is InChI=1S/C8H12ClF2N3/c1-6-5-7(8(9,10)11)13-14(6)4-2-3-12/h5H,2-4,12H2,1H3. The summed E-state index contributed by atoms with van der Waals surface area (Å²) in [5.41, 5.74) is 5.56. The summed E-state index contributed by atoms with van der Waals surface area (Å²) in [4.78, 5) is 0. The Morgan fingerprint density at radius 1 is 1.64 bits per heavy atom. The number of nitrogens with two attached hydrogens (primary N) is 1. The molecule has 0 radical (unpaired) electrons. The summed E-state index contributed by atoms with van der Waals surface area (Å²) in [5, 5.41) is 0.308. The Bertz CT molecular complexity index is 306. The molecule has 1 aromatic rings. The second kappa shape index (κ2) is 4.23. The predicted molar refractivity (Wildman–Crippen MR) is 50.4 cm³/mol. The zero-order valence-corrected chi connectivity index (χ0v) is 8.56. The fourth-order valence-corrected chi connectivity index (χ4v) is 1.21. The number of hydrogen-bond donors (Lipinski definition) is 1. The van der Waals surface area contributed by atoms with Crippen LogP contribution in [-0.2, 0) is 11.9 Å². The molecule has 2 N–H and O–H groups in total. The van der Waals surface area contributed by atoms with E-state index in [-0.39, 0.29) is 0 Å². The van der Waals surface area contributed by atoms with Gasteiger partial charge in [0, 0.05) is 12.2 Å². The molecular formula is C8H12ClF2N3. The average molecular weight is 224 g/mol. The normalized spacial score (nSPS) is 12.1. The molecule has 1 rings (SSSR count). The van der Waals surface area contributed by atoms with Crippen molar-refractivity contribution in [2.45, 2.75) is 25.3 Å². The van der Waals surface area contributed by atoms with Gasteiger partial charge in [0.1, 0.15) is 5.69 Å². The lowest BCUT2D eigenvalue weighted by Crippen LogP contribution is -2.10. The third-order valence-corrected chi connectivity index (χ3v) is 2.04. The minimum atomic E-state index is -3.39. The SMILES string of the molecule is Cc1cc(C(F)(F)Cl)nn1CCCN. The zero-order chi connectivity index (χ0) is 10.8. The molecule has 0 aromatic carbocycles. The van der Waals surface area contributed by atoms with Gasteiger partial charge in [-0.05, 0) is 37.6 Å². The van der Waals surface area contributed by atoms with E-state index >= 15 is 0 Å². The van der Waals surface area contributed by atoms with E-state index in [2.05, 4.69) is 5.10 Å². The van der Waals surface area contributed by atoms with Crippen molar-refractivity contribution in [3.63, 3.8) is 0 Å². The Hall–Kier alpha value is -0.680. The van der Waals surface area contributed by atoms with Gasteiger partial charge in [0.15, 0.2) is 0 Å². The van der Waals surface area contributed by atoms with Crippen LogP contribution in [0, 0.1) is 6.92 Å². The molecule has 0 bridgehead atoms. The van der Waals surface area contributed by atoms with Gasteiger partial charge in [0.25, 0.3) is 0 Å². The van der Waals surface area contributed by atoms with E-state index in [1.54, 1.807) is 6.92 Å². The second-order valence-electron chi connectivity index (χ2n) is 3.03. The van der Waals surface area contributed by atoms with Crippen molar-refractivity contribution in [3.05, 3.63) is 17.5 Å². The number of hydrogen-bond acceptors (Lipinski definition) is 2. The van der Waals surface area contributed by atoms with Gasteiger partial charge in [-0.25, -0.2) is 0 Å². The third-order valence-electron chi connectivity index (χ3n) is 1.85. The highest BCUT2D eigenvalue weighted by atomic mass is 35.5. The topological polar surface area (TPSA) is 43.8 Å². The van der Waals surface area contributed by atoms with Crippen LogP contribution in [0.3, 0.4) is 0 Å². The van der Waals surface area contributed by atoms with Crippen LogP contribution in [0.1, 0.15) is 17.8 Å². The monoisotopic (exact) mass is 223 g/mol. The molecule has 80 valence electrons. The fraction of sp³-hybridized carbons (Fsp3) is 0.625. The maximum atomic E-state index is 12.6. The van der Waals surface area contributed by atoms with Gasteiger partial charge < -0.3 is 5.73 Å². The van der Waals surface area contributed by atoms with E-state index in [9.17, 15) is 8.78 Å². The Balaban J connectivity index is 2.82. The lowest BCUT2D eigenvalue weighted by atomic mass is 10.3. The highest BCUT2D eigenvalue weighted by Crippen LogP contribution is 2.31. The molecule has 0 saturated heterocycles. The minimum absolute atomic E-state index is 0.409. The predicted octanol–water partition coefficient (Wildman–Crippen LogP) is 1.83. The van der Waals surface area contributed by atoms with Crippen molar-refractivity contribution in [1.29, 1.82) is 0 Å². The lowest BCUT2D eigenvalue weighted by Gasteiger charge is -2.03. The molecule has 0 aliphatic carbocycles. The largest absolute Gasteiger partial charge is 0.366 e. The summed E-state index contributed by atoms with van der Waals surface area (Å²) >= 11 is 4.84. The number of nitrogens with zero attached hydrogens (tertiary/aromatic N) is 2. The first kappa shape index (κ1) is 11.4. The fourth-order valence-electron chi connectivity index (χ4n) is 1.12. The van der Waals surface area contributed by atoms with Gasteiger partial charge in [0.2, 0.25) is 0 Å². The van der Waals surface area contributed by atoms with E-state index < -0.39 is 11.1 Å². The summed E-state index contributed by atoms with van der Waals surface area (Å²) in [6.07, 6.45) is 0.704. The summed E-state index contributed by atoms with van der Waals surface area (Å²) in [6.45, 7) is 2.75. The van der Waals surface area contributed by atoms with Crippen molar-refractivity contribution < 1.29 is 8.78 Å². The molecule has 1 aromatic heterocycles. The van der Waals surface area contributed by atoms with Crippen molar-refractivity contribution in [2.24, 2.45) is 5.73 Å². The number of alkyl halides is 3. The zero-order valence-electron chi connectivity index (χ0n) is 7.80. The molecule has 0 spiro atoms. The van der Waals surface area contributed by atoms with E-state index in [0.29, 0.717) is 25.2 Å². The molecule has 3 nitrogen and oxygen atoms in total. The minimum Gasteiger partial charge on any atom is -0.330 e. The Morgan fingerprint density at radius 3 is 2.71 bits per heavy atom. The van der Waals surface area contributed by atoms with Crippen LogP contribution in [0.2, 0.25) is 0 Å². The molecule has 0 aliphatic rings. The smallest absolute Gasteiger partial charge is 0.330 e. The van der Waals surface area contributed by atoms with Gasteiger partial charge in [-0.2, -0.15) is 13.9 Å². The van der Waals surface area contributed by atoms with Crippen LogP contribution in [-0.4, -0.2) is 16.3 Å². The second-order valence-corrected chi connectivity index (χ2v) is 3.51. The molecular weight excluding hydrogens is 212 g/mol. The summed E-state index contributed by atoms with van der Waals surface area (Å²) in [5.74, 6) is 0. The highest BCUT2D eigenvalue weighted by molar-refractivity contribution is 6.21. The van der Waals surface area contributed by atoms with E-state index in [1.165, 1.54) is 10.7 Å². The third kappa shape index (κ3) is 2.65. The van der Waals surface area contributed by atoms with Crippen LogP contribution < -0.4 is 5.73 Å². The van der Waals surface area contributed by atoms with E-state index in [1.807, 2.05) is 0 Å². The Morgan fingerprint density at radius 2 is 2.29 bits per heavy atom. The molecule has 1 heterocycles. The molecule has 0 unspecified atom stereocenters. The van der Waals surface area contributed by atoms with Crippen molar-refractivity contribution in [1.82, 2.24) is 9.78 Å². The van der Waals surface area contributed by atoms with Gasteiger partial charge in [-0.3, -0.25) is 4.68 Å². The molecule has 0 atom stereocenters. The van der Waals surface area contributed by atoms with Crippen molar-refractivity contribution in [3.8, 4) is 0 Å². The van der Waals surface area contributed by atoms with E-state index in [0.717, 1.165) is 0 Å². The summed E-state index contributed by atoms with van der Waals surface area (Å²) in [6, 6.07) is 1.28. The van der Waals surface area contributed by atoms with Crippen LogP contribution in [0.5, 0.6) is 0 Å². The lowest BCUT2D eigenvalue weighted by molar-refractivity contribution is 0.0890. The Kier molecular flexibility index (Phi) is 3.44. The number of halogens is 3. The van der Waals surface area contributed by atoms with Gasteiger partial charge >= 0.3 is 5.38 Å². The molecule has 0 fully saturated rings. The molecule has 0 saturated carbocycles. The van der Waals surface area contributed by atoms with Crippen molar-refractivity contribution >= 4 is 11.6 Å². The van der Waals surface area contributed by atoms with Gasteiger partial charge in [-0.15, -0.1) is 0 Å². The first-order valence-corrected chi connectivity index (χ1v) is 4.64.